The quantitative estimate of drug-likeness (QED) is 0.210. The molecular weight excluding hydrogens is 537 g/mol. The maximum Gasteiger partial charge on any atom is 0.329 e. The van der Waals surface area contributed by atoms with E-state index in [0.717, 1.165) is 29.3 Å². The highest BCUT2D eigenvalue weighted by Gasteiger charge is 2.41. The van der Waals surface area contributed by atoms with Crippen LogP contribution >= 0.6 is 0 Å². The molecule has 2 aromatic carbocycles. The minimum Gasteiger partial charge on any atom is -0.493 e. The molecule has 0 fully saturated rings. The van der Waals surface area contributed by atoms with Crippen molar-refractivity contribution in [2.24, 2.45) is 0 Å². The van der Waals surface area contributed by atoms with E-state index >= 15 is 8.78 Å². The monoisotopic (exact) mass is 576 g/mol. The number of nitrogens with one attached hydrogen (secondary N) is 1. The summed E-state index contributed by atoms with van der Waals surface area (Å²) in [6.45, 7) is 5.90. The van der Waals surface area contributed by atoms with E-state index in [4.69, 9.17) is 19.3 Å². The second-order valence-corrected chi connectivity index (χ2v) is 11.2. The Morgan fingerprint density at radius 3 is 2.44 bits per heavy atom. The number of rotatable bonds is 15. The van der Waals surface area contributed by atoms with Gasteiger partial charge in [-0.1, -0.05) is 18.2 Å². The fraction of sp³-hybridized carbons (Fsp3) is 0.516. The van der Waals surface area contributed by atoms with E-state index in [1.165, 1.54) is 26.0 Å². The molecule has 0 amide bonds. The number of hydrogen-bond donors (Lipinski definition) is 2. The number of unbranched alkanes of at least 4 members (excludes halogenated alkanes) is 2. The number of para-hydroxylation sites is 1. The molecule has 0 saturated carbocycles. The minimum absolute atomic E-state index is 0.0177. The Bertz CT molecular complexity index is 1300. The second-order valence-electron chi connectivity index (χ2n) is 11.2. The number of carbonyl (C=O) groups is 1. The average molecular weight is 577 g/mol. The fourth-order valence-corrected chi connectivity index (χ4v) is 5.46. The highest BCUT2D eigenvalue weighted by atomic mass is 19.1. The summed E-state index contributed by atoms with van der Waals surface area (Å²) in [5.41, 5.74) is 0.891. The maximum atomic E-state index is 15.7. The predicted octanol–water partition coefficient (Wildman–Crippen LogP) is 6.20. The van der Waals surface area contributed by atoms with Crippen molar-refractivity contribution in [3.8, 4) is 5.75 Å². The number of benzene rings is 2. The molecule has 1 aromatic heterocycles. The van der Waals surface area contributed by atoms with E-state index < -0.39 is 29.3 Å². The molecule has 224 valence electrons. The van der Waals surface area contributed by atoms with Gasteiger partial charge in [0.05, 0.1) is 25.9 Å². The highest BCUT2D eigenvalue weighted by Crippen LogP contribution is 2.43. The molecule has 0 aliphatic carbocycles. The summed E-state index contributed by atoms with van der Waals surface area (Å²) in [5.74, 6) is -2.38. The fourth-order valence-electron chi connectivity index (χ4n) is 5.46. The number of carboxylic acid groups (broad SMARTS) is 1. The molecule has 1 aliphatic rings. The van der Waals surface area contributed by atoms with Crippen LogP contribution in [0.3, 0.4) is 0 Å². The van der Waals surface area contributed by atoms with Crippen LogP contribution in [0.2, 0.25) is 0 Å². The highest BCUT2D eigenvalue weighted by molar-refractivity contribution is 5.85. The molecule has 7 nitrogen and oxygen atoms in total. The molecular formula is C31H39F3N2O5. The number of ether oxygens (including phenoxy) is 3. The van der Waals surface area contributed by atoms with Crippen LogP contribution in [0, 0.1) is 11.6 Å². The van der Waals surface area contributed by atoms with Gasteiger partial charge in [-0.2, -0.15) is 0 Å². The smallest absolute Gasteiger partial charge is 0.329 e. The third-order valence-electron chi connectivity index (χ3n) is 7.20. The van der Waals surface area contributed by atoms with Crippen molar-refractivity contribution in [1.82, 2.24) is 9.88 Å². The molecule has 0 saturated heterocycles. The SMILES string of the molecule is C[C@@H]1Cc2c([nH]c3ccccc23)[C@@H](c2c(F)cc(OCCCCCOCCOCC(=O)O)cc2F)N1CC(C)(C)F. The van der Waals surface area contributed by atoms with Gasteiger partial charge in [-0.15, -0.1) is 0 Å². The lowest BCUT2D eigenvalue weighted by atomic mass is 9.87. The number of nitrogens with zero attached hydrogens (tertiary/aromatic N) is 1. The van der Waals surface area contributed by atoms with E-state index in [1.807, 2.05) is 36.1 Å². The first-order valence-electron chi connectivity index (χ1n) is 14.1. The zero-order valence-electron chi connectivity index (χ0n) is 23.9. The number of fused-ring (bicyclic) bond motifs is 3. The first-order chi connectivity index (χ1) is 19.5. The summed E-state index contributed by atoms with van der Waals surface area (Å²) < 4.78 is 62.3. The lowest BCUT2D eigenvalue weighted by Crippen LogP contribution is -2.48. The Hall–Kier alpha value is -3.08. The number of halogens is 3. The normalized spacial score (nSPS) is 17.6. The van der Waals surface area contributed by atoms with Gasteiger partial charge in [0, 0.05) is 53.5 Å². The first kappa shape index (κ1) is 30.9. The van der Waals surface area contributed by atoms with Crippen molar-refractivity contribution in [1.29, 1.82) is 0 Å². The van der Waals surface area contributed by atoms with Crippen LogP contribution in [-0.2, 0) is 20.7 Å². The van der Waals surface area contributed by atoms with Gasteiger partial charge in [0.2, 0.25) is 0 Å². The molecule has 41 heavy (non-hydrogen) atoms. The third-order valence-corrected chi connectivity index (χ3v) is 7.20. The van der Waals surface area contributed by atoms with Crippen LogP contribution in [0.4, 0.5) is 13.2 Å². The summed E-state index contributed by atoms with van der Waals surface area (Å²) >= 11 is 0. The number of aromatic amines is 1. The Morgan fingerprint density at radius 1 is 1.05 bits per heavy atom. The largest absolute Gasteiger partial charge is 0.493 e. The molecule has 2 heterocycles. The van der Waals surface area contributed by atoms with E-state index in [0.29, 0.717) is 31.7 Å². The van der Waals surface area contributed by atoms with Gasteiger partial charge in [0.1, 0.15) is 29.7 Å². The molecule has 0 radical (unpaired) electrons. The van der Waals surface area contributed by atoms with Gasteiger partial charge in [0.15, 0.2) is 0 Å². The molecule has 0 bridgehead atoms. The van der Waals surface area contributed by atoms with Gasteiger partial charge < -0.3 is 24.3 Å². The van der Waals surface area contributed by atoms with Crippen LogP contribution in [-0.4, -0.2) is 72.2 Å². The summed E-state index contributed by atoms with van der Waals surface area (Å²) in [5, 5.41) is 9.52. The standard InChI is InChI=1S/C31H39F3N2O5/c1-20-15-23-22-9-5-6-10-26(22)35-29(23)30(36(20)19-31(2,3)34)28-24(32)16-21(17-25(28)33)41-12-8-4-7-11-39-13-14-40-18-27(37)38/h5-6,9-10,16-17,20,30,35H,4,7-8,11-15,18-19H2,1-3H3,(H,37,38)/t20-,30-/m1/s1. The topological polar surface area (TPSA) is 84.0 Å². The third kappa shape index (κ3) is 8.02. The Morgan fingerprint density at radius 2 is 1.73 bits per heavy atom. The van der Waals surface area contributed by atoms with E-state index in [-0.39, 0.29) is 43.7 Å². The van der Waals surface area contributed by atoms with Crippen LogP contribution in [0.5, 0.6) is 5.75 Å². The molecule has 3 aromatic rings. The Balaban J connectivity index is 1.42. The van der Waals surface area contributed by atoms with E-state index in [1.54, 1.807) is 0 Å². The molecule has 4 rings (SSSR count). The number of hydrogen-bond acceptors (Lipinski definition) is 5. The zero-order valence-corrected chi connectivity index (χ0v) is 23.9. The van der Waals surface area contributed by atoms with Crippen molar-refractivity contribution in [2.75, 3.05) is 39.6 Å². The van der Waals surface area contributed by atoms with Crippen molar-refractivity contribution >= 4 is 16.9 Å². The van der Waals surface area contributed by atoms with Crippen molar-refractivity contribution in [2.45, 2.75) is 64.2 Å². The second kappa shape index (κ2) is 13.7. The predicted molar refractivity (Wildman–Crippen MR) is 150 cm³/mol. The summed E-state index contributed by atoms with van der Waals surface area (Å²) in [6, 6.07) is 9.23. The lowest BCUT2D eigenvalue weighted by molar-refractivity contribution is -0.142. The number of alkyl halides is 1. The van der Waals surface area contributed by atoms with Gasteiger partial charge in [0.25, 0.3) is 0 Å². The molecule has 2 N–H and O–H groups in total. The Labute approximate surface area is 238 Å². The molecule has 10 heteroatoms. The van der Waals surface area contributed by atoms with Gasteiger partial charge in [-0.05, 0) is 58.1 Å². The Kier molecular flexibility index (Phi) is 10.3. The number of aromatic nitrogens is 1. The maximum absolute atomic E-state index is 15.7. The van der Waals surface area contributed by atoms with Crippen LogP contribution in [0.1, 0.15) is 62.9 Å². The van der Waals surface area contributed by atoms with Gasteiger partial charge >= 0.3 is 5.97 Å². The zero-order chi connectivity index (χ0) is 29.6. The molecule has 0 unspecified atom stereocenters. The van der Waals surface area contributed by atoms with Crippen LogP contribution in [0.15, 0.2) is 36.4 Å². The van der Waals surface area contributed by atoms with E-state index in [9.17, 15) is 9.18 Å². The first-order valence-corrected chi connectivity index (χ1v) is 14.1. The summed E-state index contributed by atoms with van der Waals surface area (Å²) in [4.78, 5) is 15.6. The number of carboxylic acids is 1. The molecule has 1 aliphatic heterocycles. The van der Waals surface area contributed by atoms with Crippen LogP contribution in [0.25, 0.3) is 10.9 Å². The van der Waals surface area contributed by atoms with Crippen molar-refractivity contribution < 1.29 is 37.3 Å². The van der Waals surface area contributed by atoms with Gasteiger partial charge in [-0.3, -0.25) is 4.90 Å². The summed E-state index contributed by atoms with van der Waals surface area (Å²) in [7, 11) is 0. The summed E-state index contributed by atoms with van der Waals surface area (Å²) in [6.07, 6.45) is 2.86. The van der Waals surface area contributed by atoms with Crippen molar-refractivity contribution in [3.05, 3.63) is 64.9 Å². The number of H-pyrrole nitrogens is 1. The van der Waals surface area contributed by atoms with Crippen molar-refractivity contribution in [3.63, 3.8) is 0 Å². The molecule has 2 atom stereocenters. The number of aliphatic carboxylic acids is 1. The van der Waals surface area contributed by atoms with Gasteiger partial charge in [-0.25, -0.2) is 18.0 Å². The lowest BCUT2D eigenvalue weighted by Gasteiger charge is -2.43. The van der Waals surface area contributed by atoms with E-state index in [2.05, 4.69) is 4.98 Å². The minimum atomic E-state index is -1.56. The molecule has 0 spiro atoms. The average Bonchev–Trinajstić information content (AvgIpc) is 3.25. The van der Waals surface area contributed by atoms with Crippen LogP contribution < -0.4 is 4.74 Å².